The van der Waals surface area contributed by atoms with Crippen LogP contribution in [-0.4, -0.2) is 17.4 Å². The standard InChI is InChI=1S/C14H13N3O3S/c15-9-14(18)16-10-1-5-12(6-2-10)21-13-7-3-11(4-8-13)17(19)20/h1-8H,9,15H2,(H,16,18). The third kappa shape index (κ3) is 4.30. The lowest BCUT2D eigenvalue weighted by Gasteiger charge is -2.05. The zero-order chi connectivity index (χ0) is 15.2. The molecule has 0 unspecified atom stereocenters. The summed E-state index contributed by atoms with van der Waals surface area (Å²) in [5, 5.41) is 13.2. The van der Waals surface area contributed by atoms with Crippen LogP contribution in [0, 0.1) is 10.1 Å². The van der Waals surface area contributed by atoms with Gasteiger partial charge in [-0.1, -0.05) is 11.8 Å². The van der Waals surface area contributed by atoms with Crippen LogP contribution in [-0.2, 0) is 4.79 Å². The Bertz CT molecular complexity index is 642. The first-order valence-electron chi connectivity index (χ1n) is 6.11. The average Bonchev–Trinajstić information content (AvgIpc) is 2.49. The summed E-state index contributed by atoms with van der Waals surface area (Å²) >= 11 is 1.48. The number of amides is 1. The number of hydrogen-bond acceptors (Lipinski definition) is 5. The van der Waals surface area contributed by atoms with E-state index in [0.717, 1.165) is 9.79 Å². The molecule has 0 saturated carbocycles. The van der Waals surface area contributed by atoms with Gasteiger partial charge < -0.3 is 11.1 Å². The maximum absolute atomic E-state index is 11.1. The van der Waals surface area contributed by atoms with Gasteiger partial charge >= 0.3 is 0 Å². The Kier molecular flexibility index (Phi) is 4.91. The minimum atomic E-state index is -0.427. The molecule has 0 fully saturated rings. The van der Waals surface area contributed by atoms with Gasteiger partial charge in [0, 0.05) is 27.6 Å². The highest BCUT2D eigenvalue weighted by molar-refractivity contribution is 7.99. The van der Waals surface area contributed by atoms with E-state index >= 15 is 0 Å². The second-order valence-electron chi connectivity index (χ2n) is 4.13. The first-order chi connectivity index (χ1) is 10.1. The molecular weight excluding hydrogens is 290 g/mol. The van der Waals surface area contributed by atoms with Crippen LogP contribution in [0.1, 0.15) is 0 Å². The fraction of sp³-hybridized carbons (Fsp3) is 0.0714. The van der Waals surface area contributed by atoms with Crippen LogP contribution in [0.25, 0.3) is 0 Å². The van der Waals surface area contributed by atoms with Crippen molar-refractivity contribution in [3.8, 4) is 0 Å². The molecule has 0 aliphatic carbocycles. The number of anilines is 1. The lowest BCUT2D eigenvalue weighted by atomic mass is 10.3. The number of nitro groups is 1. The number of nitro benzene ring substituents is 1. The summed E-state index contributed by atoms with van der Waals surface area (Å²) in [7, 11) is 0. The maximum atomic E-state index is 11.1. The number of carbonyl (C=O) groups is 1. The van der Waals surface area contributed by atoms with E-state index in [1.807, 2.05) is 12.1 Å². The van der Waals surface area contributed by atoms with Crippen molar-refractivity contribution >= 4 is 29.0 Å². The Balaban J connectivity index is 2.02. The van der Waals surface area contributed by atoms with Crippen molar-refractivity contribution in [3.05, 3.63) is 58.6 Å². The SMILES string of the molecule is NCC(=O)Nc1ccc(Sc2ccc([N+](=O)[O-])cc2)cc1. The Morgan fingerprint density at radius 2 is 1.62 bits per heavy atom. The summed E-state index contributed by atoms with van der Waals surface area (Å²) in [4.78, 5) is 23.2. The van der Waals surface area contributed by atoms with E-state index in [-0.39, 0.29) is 18.1 Å². The van der Waals surface area contributed by atoms with Gasteiger partial charge in [-0.3, -0.25) is 14.9 Å². The third-order valence-corrected chi connectivity index (χ3v) is 3.62. The van der Waals surface area contributed by atoms with Gasteiger partial charge in [-0.25, -0.2) is 0 Å². The lowest BCUT2D eigenvalue weighted by Crippen LogP contribution is -2.21. The van der Waals surface area contributed by atoms with E-state index in [1.165, 1.54) is 23.9 Å². The second-order valence-corrected chi connectivity index (χ2v) is 5.28. The highest BCUT2D eigenvalue weighted by Gasteiger charge is 2.05. The number of carbonyl (C=O) groups excluding carboxylic acids is 1. The average molecular weight is 303 g/mol. The van der Waals surface area contributed by atoms with Gasteiger partial charge in [-0.15, -0.1) is 0 Å². The third-order valence-electron chi connectivity index (χ3n) is 2.61. The molecule has 7 heteroatoms. The number of benzene rings is 2. The van der Waals surface area contributed by atoms with E-state index < -0.39 is 4.92 Å². The fourth-order valence-electron chi connectivity index (χ4n) is 1.59. The molecule has 0 aromatic heterocycles. The zero-order valence-electron chi connectivity index (χ0n) is 11.0. The van der Waals surface area contributed by atoms with Gasteiger partial charge in [0.2, 0.25) is 5.91 Å². The Morgan fingerprint density at radius 1 is 1.10 bits per heavy atom. The molecule has 0 saturated heterocycles. The maximum Gasteiger partial charge on any atom is 0.269 e. The number of rotatable bonds is 5. The van der Waals surface area contributed by atoms with Gasteiger partial charge in [0.15, 0.2) is 0 Å². The predicted octanol–water partition coefficient (Wildman–Crippen LogP) is 2.64. The Labute approximate surface area is 125 Å². The number of non-ortho nitro benzene ring substituents is 1. The summed E-state index contributed by atoms with van der Waals surface area (Å²) in [6.07, 6.45) is 0. The van der Waals surface area contributed by atoms with E-state index in [1.54, 1.807) is 24.3 Å². The van der Waals surface area contributed by atoms with Crippen molar-refractivity contribution in [1.29, 1.82) is 0 Å². The minimum Gasteiger partial charge on any atom is -0.325 e. The monoisotopic (exact) mass is 303 g/mol. The first-order valence-corrected chi connectivity index (χ1v) is 6.92. The van der Waals surface area contributed by atoms with Crippen LogP contribution in [0.5, 0.6) is 0 Å². The highest BCUT2D eigenvalue weighted by Crippen LogP contribution is 2.29. The summed E-state index contributed by atoms with van der Waals surface area (Å²) < 4.78 is 0. The molecule has 3 N–H and O–H groups in total. The van der Waals surface area contributed by atoms with Crippen LogP contribution < -0.4 is 11.1 Å². The van der Waals surface area contributed by atoms with Crippen LogP contribution in [0.3, 0.4) is 0 Å². The van der Waals surface area contributed by atoms with Crippen LogP contribution in [0.4, 0.5) is 11.4 Å². The Hall–Kier alpha value is -2.38. The van der Waals surface area contributed by atoms with Crippen LogP contribution >= 0.6 is 11.8 Å². The molecule has 0 spiro atoms. The molecule has 6 nitrogen and oxygen atoms in total. The van der Waals surface area contributed by atoms with Crippen LogP contribution in [0.2, 0.25) is 0 Å². The summed E-state index contributed by atoms with van der Waals surface area (Å²) in [5.74, 6) is -0.245. The molecule has 21 heavy (non-hydrogen) atoms. The van der Waals surface area contributed by atoms with Gasteiger partial charge in [-0.2, -0.15) is 0 Å². The molecule has 1 amide bonds. The van der Waals surface area contributed by atoms with Crippen molar-refractivity contribution in [2.45, 2.75) is 9.79 Å². The van der Waals surface area contributed by atoms with Crippen molar-refractivity contribution in [1.82, 2.24) is 0 Å². The van der Waals surface area contributed by atoms with Crippen molar-refractivity contribution in [3.63, 3.8) is 0 Å². The van der Waals surface area contributed by atoms with Gasteiger partial charge in [0.1, 0.15) is 0 Å². The van der Waals surface area contributed by atoms with E-state index in [4.69, 9.17) is 5.73 Å². The molecule has 0 bridgehead atoms. The van der Waals surface area contributed by atoms with Crippen molar-refractivity contribution in [2.75, 3.05) is 11.9 Å². The number of nitrogens with two attached hydrogens (primary N) is 1. The van der Waals surface area contributed by atoms with E-state index in [2.05, 4.69) is 5.32 Å². The molecule has 2 aromatic carbocycles. The molecule has 2 aromatic rings. The van der Waals surface area contributed by atoms with Crippen molar-refractivity contribution in [2.24, 2.45) is 5.73 Å². The van der Waals surface area contributed by atoms with Gasteiger partial charge in [0.25, 0.3) is 5.69 Å². The summed E-state index contributed by atoms with van der Waals surface area (Å²) in [6, 6.07) is 13.6. The molecule has 108 valence electrons. The van der Waals surface area contributed by atoms with Gasteiger partial charge in [0.05, 0.1) is 11.5 Å². The largest absolute Gasteiger partial charge is 0.325 e. The number of hydrogen-bond donors (Lipinski definition) is 2. The molecule has 2 rings (SSSR count). The number of nitrogens with zero attached hydrogens (tertiary/aromatic N) is 1. The second kappa shape index (κ2) is 6.87. The smallest absolute Gasteiger partial charge is 0.269 e. The van der Waals surface area contributed by atoms with Gasteiger partial charge in [-0.05, 0) is 36.4 Å². The molecule has 0 heterocycles. The normalized spacial score (nSPS) is 10.1. The summed E-state index contributed by atoms with van der Waals surface area (Å²) in [5.41, 5.74) is 5.97. The molecule has 0 radical (unpaired) electrons. The highest BCUT2D eigenvalue weighted by atomic mass is 32.2. The Morgan fingerprint density at radius 3 is 2.10 bits per heavy atom. The first kappa shape index (κ1) is 15.0. The quantitative estimate of drug-likeness (QED) is 0.653. The summed E-state index contributed by atoms with van der Waals surface area (Å²) in [6.45, 7) is -0.0563. The molecular formula is C14H13N3O3S. The zero-order valence-corrected chi connectivity index (χ0v) is 11.8. The van der Waals surface area contributed by atoms with E-state index in [0.29, 0.717) is 5.69 Å². The number of nitrogens with one attached hydrogen (secondary N) is 1. The van der Waals surface area contributed by atoms with E-state index in [9.17, 15) is 14.9 Å². The molecule has 0 atom stereocenters. The fourth-order valence-corrected chi connectivity index (χ4v) is 2.41. The minimum absolute atomic E-state index is 0.0563. The molecule has 0 aliphatic rings. The lowest BCUT2D eigenvalue weighted by molar-refractivity contribution is -0.384. The predicted molar refractivity (Wildman–Crippen MR) is 81.3 cm³/mol. The van der Waals surface area contributed by atoms with Crippen LogP contribution in [0.15, 0.2) is 58.3 Å². The topological polar surface area (TPSA) is 98.3 Å². The molecule has 0 aliphatic heterocycles. The van der Waals surface area contributed by atoms with Crippen molar-refractivity contribution < 1.29 is 9.72 Å².